The van der Waals surface area contributed by atoms with Crippen LogP contribution in [-0.2, 0) is 16.5 Å². The summed E-state index contributed by atoms with van der Waals surface area (Å²) in [5.74, 6) is 0.486. The molecule has 0 saturated carbocycles. The van der Waals surface area contributed by atoms with Crippen LogP contribution in [-0.4, -0.2) is 58.7 Å². The van der Waals surface area contributed by atoms with Gasteiger partial charge in [0.2, 0.25) is 5.82 Å². The van der Waals surface area contributed by atoms with Gasteiger partial charge in [0, 0.05) is 27.2 Å². The summed E-state index contributed by atoms with van der Waals surface area (Å²) < 4.78 is 12.4. The van der Waals surface area contributed by atoms with Crippen molar-refractivity contribution in [3.63, 3.8) is 0 Å². The number of alkyl carbamates (subject to hydrolysis) is 1. The summed E-state index contributed by atoms with van der Waals surface area (Å²) in [5, 5.41) is 17.9. The van der Waals surface area contributed by atoms with Crippen LogP contribution in [0.15, 0.2) is 6.20 Å². The fourth-order valence-electron chi connectivity index (χ4n) is 3.04. The van der Waals surface area contributed by atoms with E-state index in [9.17, 15) is 14.9 Å². The normalized spacial score (nSPS) is 17.0. The van der Waals surface area contributed by atoms with E-state index in [-0.39, 0.29) is 5.69 Å². The number of anilines is 1. The third kappa shape index (κ3) is 4.63. The number of aromatic nitrogens is 2. The first kappa shape index (κ1) is 20.0. The molecule has 1 aliphatic heterocycles. The van der Waals surface area contributed by atoms with E-state index < -0.39 is 22.2 Å². The molecule has 1 aromatic heterocycles. The van der Waals surface area contributed by atoms with Gasteiger partial charge in [-0.1, -0.05) is 0 Å². The molecule has 1 saturated heterocycles. The molecule has 0 spiro atoms. The molecule has 1 fully saturated rings. The van der Waals surface area contributed by atoms with Gasteiger partial charge in [0.1, 0.15) is 11.8 Å². The highest BCUT2D eigenvalue weighted by atomic mass is 16.6. The van der Waals surface area contributed by atoms with E-state index >= 15 is 0 Å². The Morgan fingerprint density at radius 2 is 2.04 bits per heavy atom. The lowest BCUT2D eigenvalue weighted by Crippen LogP contribution is -2.53. The molecule has 1 N–H and O–H groups in total. The average molecular weight is 369 g/mol. The number of carbonyl (C=O) groups excluding carboxylic acids is 1. The smallest absolute Gasteiger partial charge is 0.407 e. The number of rotatable bonds is 5. The van der Waals surface area contributed by atoms with E-state index in [4.69, 9.17) is 9.47 Å². The van der Waals surface area contributed by atoms with Gasteiger partial charge in [-0.05, 0) is 33.6 Å². The molecule has 2 heterocycles. The fourth-order valence-corrected chi connectivity index (χ4v) is 3.04. The summed E-state index contributed by atoms with van der Waals surface area (Å²) in [4.78, 5) is 24.6. The van der Waals surface area contributed by atoms with Crippen molar-refractivity contribution in [2.45, 2.75) is 44.8 Å². The second-order valence-corrected chi connectivity index (χ2v) is 7.46. The van der Waals surface area contributed by atoms with E-state index in [0.29, 0.717) is 38.3 Å². The number of hydrogen-bond acceptors (Lipinski definition) is 7. The van der Waals surface area contributed by atoms with Gasteiger partial charge >= 0.3 is 11.8 Å². The van der Waals surface area contributed by atoms with Crippen LogP contribution in [0.5, 0.6) is 0 Å². The molecule has 0 atom stereocenters. The van der Waals surface area contributed by atoms with Crippen LogP contribution in [0.25, 0.3) is 0 Å². The molecule has 2 rings (SSSR count). The molecule has 1 amide bonds. The minimum atomic E-state index is -0.563. The number of aryl methyl sites for hydroxylation is 1. The Hall–Kier alpha value is -2.36. The lowest BCUT2D eigenvalue weighted by atomic mass is 9.91. The number of nitrogens with one attached hydrogen (secondary N) is 1. The minimum Gasteiger partial charge on any atom is -0.444 e. The predicted octanol–water partition coefficient (Wildman–Crippen LogP) is 1.84. The molecular weight excluding hydrogens is 342 g/mol. The summed E-state index contributed by atoms with van der Waals surface area (Å²) in [5.41, 5.74) is -1.10. The van der Waals surface area contributed by atoms with Gasteiger partial charge in [0.15, 0.2) is 0 Å². The molecule has 0 aliphatic carbocycles. The number of ether oxygens (including phenoxy) is 2. The fraction of sp³-hybridized carbons (Fsp3) is 0.750. The zero-order chi connectivity index (χ0) is 19.5. The molecular formula is C16H27N5O5. The summed E-state index contributed by atoms with van der Waals surface area (Å²) in [6, 6.07) is 0. The Kier molecular flexibility index (Phi) is 5.74. The minimum absolute atomic E-state index is 0.00991. The van der Waals surface area contributed by atoms with E-state index in [1.807, 2.05) is 4.90 Å². The highest BCUT2D eigenvalue weighted by Crippen LogP contribution is 2.33. The van der Waals surface area contributed by atoms with Crippen LogP contribution in [0.4, 0.5) is 16.3 Å². The number of hydrogen-bond donors (Lipinski definition) is 1. The highest BCUT2D eigenvalue weighted by Gasteiger charge is 2.38. The van der Waals surface area contributed by atoms with E-state index in [1.54, 1.807) is 34.9 Å². The van der Waals surface area contributed by atoms with E-state index in [2.05, 4.69) is 10.4 Å². The average Bonchev–Trinajstić information content (AvgIpc) is 2.94. The lowest BCUT2D eigenvalue weighted by molar-refractivity contribution is -0.384. The molecule has 0 unspecified atom stereocenters. The third-order valence-electron chi connectivity index (χ3n) is 4.45. The summed E-state index contributed by atoms with van der Waals surface area (Å²) in [6.45, 7) is 6.85. The molecule has 0 bridgehead atoms. The molecule has 0 radical (unpaired) electrons. The molecule has 10 heteroatoms. The van der Waals surface area contributed by atoms with Crippen LogP contribution in [0.3, 0.4) is 0 Å². The van der Waals surface area contributed by atoms with Crippen molar-refractivity contribution in [3.05, 3.63) is 16.3 Å². The quantitative estimate of drug-likeness (QED) is 0.622. The molecule has 26 heavy (non-hydrogen) atoms. The van der Waals surface area contributed by atoms with Gasteiger partial charge in [-0.15, -0.1) is 0 Å². The van der Waals surface area contributed by atoms with Gasteiger partial charge in [-0.3, -0.25) is 10.1 Å². The van der Waals surface area contributed by atoms with Gasteiger partial charge in [0.25, 0.3) is 0 Å². The molecule has 0 aromatic carbocycles. The zero-order valence-corrected chi connectivity index (χ0v) is 15.9. The predicted molar refractivity (Wildman–Crippen MR) is 95.3 cm³/mol. The van der Waals surface area contributed by atoms with Gasteiger partial charge in [-0.25, -0.2) is 9.48 Å². The van der Waals surface area contributed by atoms with E-state index in [0.717, 1.165) is 0 Å². The number of nitro groups is 1. The summed E-state index contributed by atoms with van der Waals surface area (Å²) >= 11 is 0. The van der Waals surface area contributed by atoms with Crippen LogP contribution < -0.4 is 10.2 Å². The van der Waals surface area contributed by atoms with Gasteiger partial charge in [0.05, 0.1) is 17.1 Å². The van der Waals surface area contributed by atoms with Gasteiger partial charge in [-0.2, -0.15) is 5.10 Å². The zero-order valence-electron chi connectivity index (χ0n) is 15.9. The van der Waals surface area contributed by atoms with Crippen LogP contribution in [0, 0.1) is 10.1 Å². The first-order valence-electron chi connectivity index (χ1n) is 8.50. The summed E-state index contributed by atoms with van der Waals surface area (Å²) in [6.07, 6.45) is 2.00. The Bertz CT molecular complexity index is 658. The number of carbonyl (C=O) groups is 1. The first-order valence-corrected chi connectivity index (χ1v) is 8.50. The van der Waals surface area contributed by atoms with Crippen LogP contribution in [0.2, 0.25) is 0 Å². The molecule has 1 aromatic rings. The van der Waals surface area contributed by atoms with Crippen molar-refractivity contribution >= 4 is 17.6 Å². The van der Waals surface area contributed by atoms with Crippen molar-refractivity contribution in [2.75, 3.05) is 31.6 Å². The highest BCUT2D eigenvalue weighted by molar-refractivity contribution is 5.67. The maximum Gasteiger partial charge on any atom is 0.407 e. The Labute approximate surface area is 152 Å². The first-order chi connectivity index (χ1) is 12.1. The maximum atomic E-state index is 11.9. The Morgan fingerprint density at radius 3 is 2.54 bits per heavy atom. The standard InChI is InChI=1S/C16H27N5O5/c1-15(2,3)26-14(22)17-11-16(25-5)6-8-20(9-7-16)13-12(21(23)24)10-18-19(13)4/h10H,6-9,11H2,1-5H3,(H,17,22). The lowest BCUT2D eigenvalue weighted by Gasteiger charge is -2.41. The molecule has 10 nitrogen and oxygen atoms in total. The topological polar surface area (TPSA) is 112 Å². The third-order valence-corrected chi connectivity index (χ3v) is 4.45. The van der Waals surface area contributed by atoms with Crippen LogP contribution in [0.1, 0.15) is 33.6 Å². The number of methoxy groups -OCH3 is 1. The van der Waals surface area contributed by atoms with Crippen molar-refractivity contribution in [1.29, 1.82) is 0 Å². The number of nitrogens with zero attached hydrogens (tertiary/aromatic N) is 4. The van der Waals surface area contributed by atoms with Crippen molar-refractivity contribution < 1.29 is 19.2 Å². The second kappa shape index (κ2) is 7.48. The monoisotopic (exact) mass is 369 g/mol. The SMILES string of the molecule is COC1(CNC(=O)OC(C)(C)C)CCN(c2c([N+](=O)[O-])cnn2C)CC1. The Morgan fingerprint density at radius 1 is 1.42 bits per heavy atom. The van der Waals surface area contributed by atoms with Crippen molar-refractivity contribution in [1.82, 2.24) is 15.1 Å². The number of piperidine rings is 1. The number of amides is 1. The van der Waals surface area contributed by atoms with Crippen LogP contribution >= 0.6 is 0 Å². The van der Waals surface area contributed by atoms with Crippen molar-refractivity contribution in [3.8, 4) is 0 Å². The summed E-state index contributed by atoms with van der Waals surface area (Å²) in [7, 11) is 3.30. The van der Waals surface area contributed by atoms with E-state index in [1.165, 1.54) is 10.9 Å². The van der Waals surface area contributed by atoms with Crippen molar-refractivity contribution in [2.24, 2.45) is 7.05 Å². The second-order valence-electron chi connectivity index (χ2n) is 7.46. The molecule has 146 valence electrons. The molecule has 1 aliphatic rings. The maximum absolute atomic E-state index is 11.9. The Balaban J connectivity index is 2.00. The van der Waals surface area contributed by atoms with Gasteiger partial charge < -0.3 is 19.7 Å². The largest absolute Gasteiger partial charge is 0.444 e.